The summed E-state index contributed by atoms with van der Waals surface area (Å²) in [5.41, 5.74) is 0.895. The number of hydrogen-bond donors (Lipinski definition) is 0. The SMILES string of the molecule is CCCc1nc(Cl)cc(Sc2nc(C)c(C)o2)n1. The third-order valence-corrected chi connectivity index (χ3v) is 3.35. The van der Waals surface area contributed by atoms with Crippen molar-refractivity contribution < 1.29 is 4.42 Å². The normalized spacial score (nSPS) is 10.9. The van der Waals surface area contributed by atoms with E-state index in [-0.39, 0.29) is 0 Å². The van der Waals surface area contributed by atoms with Crippen LogP contribution < -0.4 is 0 Å². The summed E-state index contributed by atoms with van der Waals surface area (Å²) in [6, 6.07) is 1.72. The molecule has 0 aliphatic carbocycles. The van der Waals surface area contributed by atoms with E-state index in [9.17, 15) is 0 Å². The van der Waals surface area contributed by atoms with Crippen LogP contribution in [0.4, 0.5) is 0 Å². The first kappa shape index (κ1) is 13.4. The summed E-state index contributed by atoms with van der Waals surface area (Å²) >= 11 is 7.34. The van der Waals surface area contributed by atoms with Crippen LogP contribution in [0.15, 0.2) is 20.7 Å². The molecule has 2 rings (SSSR count). The predicted octanol–water partition coefficient (Wildman–Crippen LogP) is 3.84. The fourth-order valence-corrected chi connectivity index (χ4v) is 2.52. The molecule has 0 aromatic carbocycles. The minimum atomic E-state index is 0.455. The van der Waals surface area contributed by atoms with Crippen LogP contribution in [0.25, 0.3) is 0 Å². The molecule has 18 heavy (non-hydrogen) atoms. The summed E-state index contributed by atoms with van der Waals surface area (Å²) in [6.07, 6.45) is 1.80. The minimum Gasteiger partial charge on any atom is -0.436 e. The maximum atomic E-state index is 5.97. The lowest BCUT2D eigenvalue weighted by Gasteiger charge is -2.01. The average Bonchev–Trinajstić information content (AvgIpc) is 2.57. The van der Waals surface area contributed by atoms with Gasteiger partial charge in [-0.25, -0.2) is 15.0 Å². The van der Waals surface area contributed by atoms with Gasteiger partial charge in [-0.3, -0.25) is 0 Å². The molecule has 0 N–H and O–H groups in total. The van der Waals surface area contributed by atoms with Gasteiger partial charge in [0.25, 0.3) is 5.22 Å². The number of aryl methyl sites for hydroxylation is 3. The van der Waals surface area contributed by atoms with Gasteiger partial charge < -0.3 is 4.42 Å². The van der Waals surface area contributed by atoms with Gasteiger partial charge in [0.05, 0.1) is 5.69 Å². The highest BCUT2D eigenvalue weighted by Gasteiger charge is 2.10. The van der Waals surface area contributed by atoms with E-state index >= 15 is 0 Å². The first-order valence-corrected chi connectivity index (χ1v) is 6.93. The van der Waals surface area contributed by atoms with Crippen LogP contribution in [0.2, 0.25) is 5.15 Å². The summed E-state index contributed by atoms with van der Waals surface area (Å²) in [7, 11) is 0. The maximum absolute atomic E-state index is 5.97. The van der Waals surface area contributed by atoms with E-state index in [0.717, 1.165) is 35.1 Å². The van der Waals surface area contributed by atoms with Crippen molar-refractivity contribution in [2.75, 3.05) is 0 Å². The summed E-state index contributed by atoms with van der Waals surface area (Å²) in [4.78, 5) is 12.9. The second kappa shape index (κ2) is 5.71. The second-order valence-corrected chi connectivity index (χ2v) is 5.28. The van der Waals surface area contributed by atoms with Crippen LogP contribution in [0.1, 0.15) is 30.6 Å². The van der Waals surface area contributed by atoms with Crippen LogP contribution in [0.5, 0.6) is 0 Å². The van der Waals surface area contributed by atoms with Gasteiger partial charge in [0, 0.05) is 12.5 Å². The molecule has 0 saturated carbocycles. The molecule has 0 fully saturated rings. The van der Waals surface area contributed by atoms with Gasteiger partial charge in [0.1, 0.15) is 21.8 Å². The highest BCUT2D eigenvalue weighted by Crippen LogP contribution is 2.28. The zero-order chi connectivity index (χ0) is 13.1. The summed E-state index contributed by atoms with van der Waals surface area (Å²) < 4.78 is 5.51. The van der Waals surface area contributed by atoms with E-state index in [2.05, 4.69) is 21.9 Å². The van der Waals surface area contributed by atoms with Gasteiger partial charge in [-0.05, 0) is 32.0 Å². The average molecular weight is 284 g/mol. The Kier molecular flexibility index (Phi) is 4.24. The zero-order valence-corrected chi connectivity index (χ0v) is 12.1. The van der Waals surface area contributed by atoms with Gasteiger partial charge in [0.15, 0.2) is 0 Å². The molecule has 0 aliphatic heterocycles. The molecule has 0 radical (unpaired) electrons. The molecule has 0 spiro atoms. The number of nitrogens with zero attached hydrogens (tertiary/aromatic N) is 3. The molecule has 0 unspecified atom stereocenters. The molecule has 2 aromatic rings. The summed E-state index contributed by atoms with van der Waals surface area (Å²) in [5, 5.41) is 1.80. The van der Waals surface area contributed by atoms with E-state index in [4.69, 9.17) is 16.0 Å². The van der Waals surface area contributed by atoms with Crippen molar-refractivity contribution in [1.82, 2.24) is 15.0 Å². The molecule has 4 nitrogen and oxygen atoms in total. The molecule has 2 heterocycles. The topological polar surface area (TPSA) is 51.8 Å². The van der Waals surface area contributed by atoms with Crippen molar-refractivity contribution >= 4 is 23.4 Å². The first-order chi connectivity index (χ1) is 8.58. The quantitative estimate of drug-likeness (QED) is 0.798. The third kappa shape index (κ3) is 3.23. The van der Waals surface area contributed by atoms with E-state index in [1.54, 1.807) is 6.07 Å². The lowest BCUT2D eigenvalue weighted by atomic mass is 10.3. The Hall–Kier alpha value is -1.07. The van der Waals surface area contributed by atoms with E-state index in [1.807, 2.05) is 13.8 Å². The van der Waals surface area contributed by atoms with Gasteiger partial charge >= 0.3 is 0 Å². The zero-order valence-electron chi connectivity index (χ0n) is 10.5. The Morgan fingerprint density at radius 3 is 2.67 bits per heavy atom. The Morgan fingerprint density at radius 1 is 1.28 bits per heavy atom. The van der Waals surface area contributed by atoms with E-state index < -0.39 is 0 Å². The Balaban J connectivity index is 2.22. The molecule has 0 aliphatic rings. The van der Waals surface area contributed by atoms with Crippen LogP contribution in [-0.2, 0) is 6.42 Å². The molecule has 6 heteroatoms. The highest BCUT2D eigenvalue weighted by molar-refractivity contribution is 7.99. The van der Waals surface area contributed by atoms with Crippen molar-refractivity contribution in [3.05, 3.63) is 28.5 Å². The van der Waals surface area contributed by atoms with Crippen molar-refractivity contribution in [2.24, 2.45) is 0 Å². The Labute approximate surface area is 115 Å². The number of rotatable bonds is 4. The van der Waals surface area contributed by atoms with Gasteiger partial charge in [-0.2, -0.15) is 0 Å². The Bertz CT molecular complexity index is 537. The van der Waals surface area contributed by atoms with Crippen molar-refractivity contribution in [3.8, 4) is 0 Å². The standard InChI is InChI=1S/C12H14ClN3OS/c1-4-5-10-15-9(13)6-11(16-10)18-12-14-7(2)8(3)17-12/h6H,4-5H2,1-3H3. The van der Waals surface area contributed by atoms with Gasteiger partial charge in [0.2, 0.25) is 0 Å². The molecule has 2 aromatic heterocycles. The highest BCUT2D eigenvalue weighted by atomic mass is 35.5. The van der Waals surface area contributed by atoms with Crippen LogP contribution in [0.3, 0.4) is 0 Å². The summed E-state index contributed by atoms with van der Waals surface area (Å²) in [6.45, 7) is 5.89. The molecule has 0 bridgehead atoms. The summed E-state index contributed by atoms with van der Waals surface area (Å²) in [5.74, 6) is 1.58. The van der Waals surface area contributed by atoms with Crippen molar-refractivity contribution in [2.45, 2.75) is 43.9 Å². The number of hydrogen-bond acceptors (Lipinski definition) is 5. The fraction of sp³-hybridized carbons (Fsp3) is 0.417. The largest absolute Gasteiger partial charge is 0.436 e. The minimum absolute atomic E-state index is 0.455. The first-order valence-electron chi connectivity index (χ1n) is 5.74. The lowest BCUT2D eigenvalue weighted by molar-refractivity contribution is 0.431. The van der Waals surface area contributed by atoms with Crippen molar-refractivity contribution in [3.63, 3.8) is 0 Å². The van der Waals surface area contributed by atoms with Gasteiger partial charge in [-0.15, -0.1) is 0 Å². The van der Waals surface area contributed by atoms with Crippen LogP contribution in [0, 0.1) is 13.8 Å². The molecule has 0 saturated heterocycles. The number of aromatic nitrogens is 3. The lowest BCUT2D eigenvalue weighted by Crippen LogP contribution is -1.96. The Morgan fingerprint density at radius 2 is 2.06 bits per heavy atom. The second-order valence-electron chi connectivity index (χ2n) is 3.92. The number of halogens is 1. The number of oxazole rings is 1. The molecule has 0 atom stereocenters. The van der Waals surface area contributed by atoms with Crippen LogP contribution >= 0.6 is 23.4 Å². The molecular weight excluding hydrogens is 270 g/mol. The van der Waals surface area contributed by atoms with Crippen LogP contribution in [-0.4, -0.2) is 15.0 Å². The fourth-order valence-electron chi connectivity index (χ4n) is 1.41. The van der Waals surface area contributed by atoms with Crippen molar-refractivity contribution in [1.29, 1.82) is 0 Å². The smallest absolute Gasteiger partial charge is 0.262 e. The predicted molar refractivity (Wildman–Crippen MR) is 71.1 cm³/mol. The van der Waals surface area contributed by atoms with Gasteiger partial charge in [-0.1, -0.05) is 18.5 Å². The molecule has 0 amide bonds. The molecule has 96 valence electrons. The van der Waals surface area contributed by atoms with E-state index in [0.29, 0.717) is 10.4 Å². The van der Waals surface area contributed by atoms with E-state index in [1.165, 1.54) is 11.8 Å². The maximum Gasteiger partial charge on any atom is 0.262 e. The third-order valence-electron chi connectivity index (χ3n) is 2.39. The molecular formula is C12H14ClN3OS. The monoisotopic (exact) mass is 283 g/mol.